The second kappa shape index (κ2) is 3.58. The Kier molecular flexibility index (Phi) is 2.20. The molecule has 16 heavy (non-hydrogen) atoms. The third-order valence-electron chi connectivity index (χ3n) is 3.70. The minimum Gasteiger partial charge on any atom is -0.483 e. The Morgan fingerprint density at radius 2 is 2.00 bits per heavy atom. The summed E-state index contributed by atoms with van der Waals surface area (Å²) in [5.74, 6) is 0.924. The minimum absolute atomic E-state index is 0.0268. The SMILES string of the molecule is Nc1ccc2c(c1)OC1(CCCCC1)CN2. The van der Waals surface area contributed by atoms with Crippen molar-refractivity contribution in [1.82, 2.24) is 0 Å². The molecule has 2 aliphatic rings. The first-order valence-corrected chi connectivity index (χ1v) is 6.10. The van der Waals surface area contributed by atoms with Crippen molar-refractivity contribution < 1.29 is 4.74 Å². The maximum atomic E-state index is 6.20. The van der Waals surface area contributed by atoms with Gasteiger partial charge in [-0.2, -0.15) is 0 Å². The summed E-state index contributed by atoms with van der Waals surface area (Å²) < 4.78 is 6.20. The lowest BCUT2D eigenvalue weighted by Gasteiger charge is -2.41. The molecule has 1 aromatic carbocycles. The van der Waals surface area contributed by atoms with Crippen LogP contribution in [0.4, 0.5) is 11.4 Å². The van der Waals surface area contributed by atoms with Gasteiger partial charge in [0, 0.05) is 11.8 Å². The van der Waals surface area contributed by atoms with Crippen LogP contribution in [0.15, 0.2) is 18.2 Å². The Bertz CT molecular complexity index is 397. The van der Waals surface area contributed by atoms with E-state index >= 15 is 0 Å². The van der Waals surface area contributed by atoms with Crippen molar-refractivity contribution in [2.45, 2.75) is 37.7 Å². The number of ether oxygens (including phenoxy) is 1. The van der Waals surface area contributed by atoms with Crippen molar-refractivity contribution >= 4 is 11.4 Å². The first-order valence-electron chi connectivity index (χ1n) is 6.10. The summed E-state index contributed by atoms with van der Waals surface area (Å²) in [5.41, 5.74) is 7.66. The van der Waals surface area contributed by atoms with Crippen LogP contribution in [0.5, 0.6) is 5.75 Å². The molecule has 0 unspecified atom stereocenters. The average molecular weight is 218 g/mol. The van der Waals surface area contributed by atoms with Gasteiger partial charge in [0.1, 0.15) is 11.4 Å². The Balaban J connectivity index is 1.89. The van der Waals surface area contributed by atoms with E-state index in [1.54, 1.807) is 0 Å². The molecular weight excluding hydrogens is 200 g/mol. The Labute approximate surface area is 96.0 Å². The first-order chi connectivity index (χ1) is 7.77. The highest BCUT2D eigenvalue weighted by molar-refractivity contribution is 5.64. The molecule has 3 heteroatoms. The molecule has 1 aliphatic carbocycles. The molecule has 1 fully saturated rings. The zero-order chi connectivity index (χ0) is 11.0. The summed E-state index contributed by atoms with van der Waals surface area (Å²) in [6.07, 6.45) is 6.22. The monoisotopic (exact) mass is 218 g/mol. The number of nitrogens with one attached hydrogen (secondary N) is 1. The highest BCUT2D eigenvalue weighted by atomic mass is 16.5. The topological polar surface area (TPSA) is 47.3 Å². The lowest BCUT2D eigenvalue weighted by atomic mass is 9.83. The number of hydrogen-bond acceptors (Lipinski definition) is 3. The lowest BCUT2D eigenvalue weighted by molar-refractivity contribution is 0.0370. The number of nitrogens with two attached hydrogens (primary N) is 1. The molecule has 1 heterocycles. The average Bonchev–Trinajstić information content (AvgIpc) is 2.29. The standard InChI is InChI=1S/C13H18N2O/c14-10-4-5-11-12(8-10)16-13(9-15-11)6-2-1-3-7-13/h4-5,8,15H,1-3,6-7,9,14H2. The van der Waals surface area contributed by atoms with Gasteiger partial charge in [-0.15, -0.1) is 0 Å². The normalized spacial score (nSPS) is 22.0. The molecule has 3 nitrogen and oxygen atoms in total. The summed E-state index contributed by atoms with van der Waals surface area (Å²) in [6, 6.07) is 5.84. The van der Waals surface area contributed by atoms with E-state index in [2.05, 4.69) is 5.32 Å². The molecule has 3 N–H and O–H groups in total. The highest BCUT2D eigenvalue weighted by Gasteiger charge is 2.37. The smallest absolute Gasteiger partial charge is 0.145 e. The van der Waals surface area contributed by atoms with Crippen LogP contribution in [0.25, 0.3) is 0 Å². The summed E-state index contributed by atoms with van der Waals surface area (Å²) in [4.78, 5) is 0. The van der Waals surface area contributed by atoms with Crippen LogP contribution in [0, 0.1) is 0 Å². The maximum Gasteiger partial charge on any atom is 0.145 e. The molecule has 1 saturated carbocycles. The molecule has 1 spiro atoms. The van der Waals surface area contributed by atoms with Gasteiger partial charge in [0.25, 0.3) is 0 Å². The molecule has 0 saturated heterocycles. The number of fused-ring (bicyclic) bond motifs is 1. The Hall–Kier alpha value is -1.38. The largest absolute Gasteiger partial charge is 0.483 e. The molecule has 3 rings (SSSR count). The van der Waals surface area contributed by atoms with Crippen molar-refractivity contribution in [1.29, 1.82) is 0 Å². The van der Waals surface area contributed by atoms with E-state index in [9.17, 15) is 0 Å². The number of rotatable bonds is 0. The van der Waals surface area contributed by atoms with Crippen molar-refractivity contribution in [2.24, 2.45) is 0 Å². The van der Waals surface area contributed by atoms with Crippen LogP contribution < -0.4 is 15.8 Å². The third kappa shape index (κ3) is 1.60. The zero-order valence-corrected chi connectivity index (χ0v) is 9.46. The minimum atomic E-state index is 0.0268. The van der Waals surface area contributed by atoms with Crippen molar-refractivity contribution in [3.05, 3.63) is 18.2 Å². The number of anilines is 2. The molecule has 0 amide bonds. The van der Waals surface area contributed by atoms with Crippen LogP contribution in [0.2, 0.25) is 0 Å². The molecule has 86 valence electrons. The maximum absolute atomic E-state index is 6.20. The fourth-order valence-electron chi connectivity index (χ4n) is 2.77. The number of nitrogen functional groups attached to an aromatic ring is 1. The van der Waals surface area contributed by atoms with E-state index in [0.717, 1.165) is 36.5 Å². The van der Waals surface area contributed by atoms with Gasteiger partial charge >= 0.3 is 0 Å². The molecule has 0 radical (unpaired) electrons. The van der Waals surface area contributed by atoms with Crippen molar-refractivity contribution in [3.8, 4) is 5.75 Å². The summed E-state index contributed by atoms with van der Waals surface area (Å²) in [6.45, 7) is 0.934. The molecule has 0 atom stereocenters. The third-order valence-corrected chi connectivity index (χ3v) is 3.70. The van der Waals surface area contributed by atoms with Gasteiger partial charge in [-0.1, -0.05) is 6.42 Å². The zero-order valence-electron chi connectivity index (χ0n) is 9.46. The number of hydrogen-bond donors (Lipinski definition) is 2. The van der Waals surface area contributed by atoms with Gasteiger partial charge in [-0.3, -0.25) is 0 Å². The lowest BCUT2D eigenvalue weighted by Crippen LogP contribution is -2.47. The van der Waals surface area contributed by atoms with E-state index in [1.165, 1.54) is 19.3 Å². The van der Waals surface area contributed by atoms with Gasteiger partial charge in [0.2, 0.25) is 0 Å². The van der Waals surface area contributed by atoms with Gasteiger partial charge in [-0.05, 0) is 37.8 Å². The fraction of sp³-hybridized carbons (Fsp3) is 0.538. The van der Waals surface area contributed by atoms with E-state index in [1.807, 2.05) is 18.2 Å². The second-order valence-electron chi connectivity index (χ2n) is 4.95. The predicted molar refractivity (Wildman–Crippen MR) is 65.8 cm³/mol. The first kappa shape index (κ1) is 9.82. The number of benzene rings is 1. The van der Waals surface area contributed by atoms with Crippen molar-refractivity contribution in [2.75, 3.05) is 17.6 Å². The molecule has 1 aliphatic heterocycles. The Morgan fingerprint density at radius 3 is 2.81 bits per heavy atom. The van der Waals surface area contributed by atoms with Crippen LogP contribution in [0.3, 0.4) is 0 Å². The van der Waals surface area contributed by atoms with Crippen molar-refractivity contribution in [3.63, 3.8) is 0 Å². The van der Waals surface area contributed by atoms with E-state index in [4.69, 9.17) is 10.5 Å². The quantitative estimate of drug-likeness (QED) is 0.658. The Morgan fingerprint density at radius 1 is 1.19 bits per heavy atom. The summed E-state index contributed by atoms with van der Waals surface area (Å²) in [7, 11) is 0. The molecule has 1 aromatic rings. The molecule has 0 aromatic heterocycles. The fourth-order valence-corrected chi connectivity index (χ4v) is 2.77. The predicted octanol–water partition coefficient (Wildman–Crippen LogP) is 2.78. The van der Waals surface area contributed by atoms with Gasteiger partial charge < -0.3 is 15.8 Å². The van der Waals surface area contributed by atoms with E-state index in [-0.39, 0.29) is 5.60 Å². The summed E-state index contributed by atoms with van der Waals surface area (Å²) >= 11 is 0. The molecular formula is C13H18N2O. The second-order valence-corrected chi connectivity index (χ2v) is 4.95. The molecule has 0 bridgehead atoms. The van der Waals surface area contributed by atoms with Gasteiger partial charge in [-0.25, -0.2) is 0 Å². The summed E-state index contributed by atoms with van der Waals surface area (Å²) in [5, 5.41) is 3.47. The van der Waals surface area contributed by atoms with Crippen LogP contribution >= 0.6 is 0 Å². The van der Waals surface area contributed by atoms with Crippen LogP contribution in [-0.2, 0) is 0 Å². The highest BCUT2D eigenvalue weighted by Crippen LogP contribution is 2.40. The van der Waals surface area contributed by atoms with E-state index in [0.29, 0.717) is 0 Å². The van der Waals surface area contributed by atoms with Gasteiger partial charge in [0.05, 0.1) is 12.2 Å². The van der Waals surface area contributed by atoms with E-state index < -0.39 is 0 Å². The van der Waals surface area contributed by atoms with Gasteiger partial charge in [0.15, 0.2) is 0 Å². The van der Waals surface area contributed by atoms with Crippen LogP contribution in [0.1, 0.15) is 32.1 Å². The van der Waals surface area contributed by atoms with Crippen LogP contribution in [-0.4, -0.2) is 12.1 Å².